The summed E-state index contributed by atoms with van der Waals surface area (Å²) < 4.78 is 11.2. The Labute approximate surface area is 130 Å². The maximum Gasteiger partial charge on any atom is 0.410 e. The maximum absolute atomic E-state index is 12.3. The summed E-state index contributed by atoms with van der Waals surface area (Å²) in [7, 11) is 0. The zero-order chi connectivity index (χ0) is 15.3. The van der Waals surface area contributed by atoms with Crippen LogP contribution in [0.15, 0.2) is 18.2 Å². The number of carbonyl (C=O) groups excluding carboxylic acids is 1. The van der Waals surface area contributed by atoms with Crippen LogP contribution in [0.2, 0.25) is 5.02 Å². The van der Waals surface area contributed by atoms with Crippen molar-refractivity contribution in [3.05, 3.63) is 34.3 Å². The lowest BCUT2D eigenvalue weighted by atomic mass is 9.93. The number of halogens is 1. The second-order valence-corrected chi connectivity index (χ2v) is 7.17. The number of rotatable bonds is 0. The molecule has 1 amide bonds. The minimum atomic E-state index is -0.486. The Morgan fingerprint density at radius 1 is 1.43 bits per heavy atom. The summed E-state index contributed by atoms with van der Waals surface area (Å²) >= 11 is 6.11. The van der Waals surface area contributed by atoms with E-state index < -0.39 is 5.60 Å². The van der Waals surface area contributed by atoms with E-state index in [2.05, 4.69) is 0 Å². The van der Waals surface area contributed by atoms with Crippen molar-refractivity contribution in [3.63, 3.8) is 0 Å². The van der Waals surface area contributed by atoms with Crippen molar-refractivity contribution in [2.24, 2.45) is 0 Å². The van der Waals surface area contributed by atoms with Gasteiger partial charge in [-0.05, 0) is 44.0 Å². The van der Waals surface area contributed by atoms with Crippen molar-refractivity contribution in [1.82, 2.24) is 4.90 Å². The number of ether oxygens (including phenoxy) is 2. The number of amides is 1. The number of carbonyl (C=O) groups is 1. The molecular weight excluding hydrogens is 290 g/mol. The molecule has 0 aromatic heterocycles. The Kier molecular flexibility index (Phi) is 3.41. The lowest BCUT2D eigenvalue weighted by molar-refractivity contribution is 0.0229. The van der Waals surface area contributed by atoms with E-state index in [0.717, 1.165) is 17.5 Å². The molecule has 1 aromatic carbocycles. The number of nitrogens with zero attached hydrogens (tertiary/aromatic N) is 1. The first-order valence-electron chi connectivity index (χ1n) is 7.20. The van der Waals surface area contributed by atoms with Gasteiger partial charge in [-0.15, -0.1) is 0 Å². The van der Waals surface area contributed by atoms with Crippen LogP contribution >= 0.6 is 11.6 Å². The summed E-state index contributed by atoms with van der Waals surface area (Å²) in [4.78, 5) is 14.1. The number of hydrogen-bond acceptors (Lipinski definition) is 3. The van der Waals surface area contributed by atoms with Crippen LogP contribution in [0.4, 0.5) is 4.79 Å². The highest BCUT2D eigenvalue weighted by molar-refractivity contribution is 6.30. The van der Waals surface area contributed by atoms with Crippen LogP contribution in [0, 0.1) is 0 Å². The fourth-order valence-electron chi connectivity index (χ4n) is 2.71. The molecule has 1 spiro atoms. The summed E-state index contributed by atoms with van der Waals surface area (Å²) in [6.45, 7) is 7.49. The fraction of sp³-hybridized carbons (Fsp3) is 0.562. The third-order valence-electron chi connectivity index (χ3n) is 3.85. The first kappa shape index (κ1) is 14.7. The zero-order valence-corrected chi connectivity index (χ0v) is 13.4. The van der Waals surface area contributed by atoms with Gasteiger partial charge in [-0.1, -0.05) is 17.7 Å². The van der Waals surface area contributed by atoms with Gasteiger partial charge >= 0.3 is 6.09 Å². The van der Waals surface area contributed by atoms with Crippen LogP contribution in [0.5, 0.6) is 0 Å². The molecule has 1 fully saturated rings. The molecule has 5 heteroatoms. The maximum atomic E-state index is 12.3. The highest BCUT2D eigenvalue weighted by Crippen LogP contribution is 2.46. The average molecular weight is 310 g/mol. The van der Waals surface area contributed by atoms with E-state index in [9.17, 15) is 4.79 Å². The monoisotopic (exact) mass is 309 g/mol. The molecule has 0 aliphatic carbocycles. The van der Waals surface area contributed by atoms with Crippen LogP contribution in [0.25, 0.3) is 0 Å². The Balaban J connectivity index is 1.86. The molecule has 114 valence electrons. The number of fused-ring (bicyclic) bond motifs is 2. The predicted octanol–water partition coefficient (Wildman–Crippen LogP) is 3.71. The molecule has 0 bridgehead atoms. The van der Waals surface area contributed by atoms with Gasteiger partial charge in [0.15, 0.2) is 0 Å². The normalized spacial score (nSPS) is 24.5. The Hall–Kier alpha value is -1.26. The van der Waals surface area contributed by atoms with Crippen molar-refractivity contribution in [2.45, 2.75) is 44.9 Å². The Morgan fingerprint density at radius 2 is 2.14 bits per heavy atom. The molecule has 1 saturated heterocycles. The van der Waals surface area contributed by atoms with Crippen molar-refractivity contribution < 1.29 is 14.3 Å². The highest BCUT2D eigenvalue weighted by Gasteiger charge is 2.49. The number of epoxide rings is 1. The first-order chi connectivity index (χ1) is 9.79. The lowest BCUT2D eigenvalue weighted by Gasteiger charge is -2.26. The quantitative estimate of drug-likeness (QED) is 0.686. The highest BCUT2D eigenvalue weighted by atomic mass is 35.5. The summed E-state index contributed by atoms with van der Waals surface area (Å²) in [6.07, 6.45) is 0.501. The zero-order valence-electron chi connectivity index (χ0n) is 12.6. The number of benzene rings is 1. The van der Waals surface area contributed by atoms with Gasteiger partial charge in [-0.2, -0.15) is 0 Å². The molecule has 0 radical (unpaired) electrons. The third kappa shape index (κ3) is 3.01. The van der Waals surface area contributed by atoms with E-state index in [4.69, 9.17) is 21.1 Å². The molecule has 21 heavy (non-hydrogen) atoms. The topological polar surface area (TPSA) is 42.1 Å². The standard InChI is InChI=1S/C16H20ClNO3/c1-15(2,3)21-14(19)18-7-6-16(10-20-16)13-8-12(17)5-4-11(13)9-18/h4-5,8H,6-7,9-10H2,1-3H3/t16-/m0/s1. The minimum Gasteiger partial charge on any atom is -0.444 e. The smallest absolute Gasteiger partial charge is 0.410 e. The van der Waals surface area contributed by atoms with E-state index in [1.807, 2.05) is 39.0 Å². The van der Waals surface area contributed by atoms with Crippen LogP contribution in [0.1, 0.15) is 38.3 Å². The van der Waals surface area contributed by atoms with Gasteiger partial charge in [0.05, 0.1) is 6.61 Å². The van der Waals surface area contributed by atoms with E-state index in [1.54, 1.807) is 4.90 Å². The van der Waals surface area contributed by atoms with Crippen molar-refractivity contribution in [1.29, 1.82) is 0 Å². The molecule has 1 atom stereocenters. The van der Waals surface area contributed by atoms with E-state index >= 15 is 0 Å². The van der Waals surface area contributed by atoms with Crippen LogP contribution < -0.4 is 0 Å². The Bertz CT molecular complexity index is 575. The summed E-state index contributed by atoms with van der Waals surface area (Å²) in [5.41, 5.74) is 1.46. The lowest BCUT2D eigenvalue weighted by Crippen LogP contribution is -2.36. The minimum absolute atomic E-state index is 0.253. The SMILES string of the molecule is CC(C)(C)OC(=O)N1CC[C@]2(CO2)c2cc(Cl)ccc2C1. The van der Waals surface area contributed by atoms with Gasteiger partial charge in [-0.3, -0.25) is 0 Å². The van der Waals surface area contributed by atoms with Crippen molar-refractivity contribution in [3.8, 4) is 0 Å². The van der Waals surface area contributed by atoms with Crippen LogP contribution in [-0.4, -0.2) is 29.7 Å². The van der Waals surface area contributed by atoms with Gasteiger partial charge in [0.2, 0.25) is 0 Å². The predicted molar refractivity (Wildman–Crippen MR) is 80.3 cm³/mol. The molecule has 4 nitrogen and oxygen atoms in total. The van der Waals surface area contributed by atoms with Gasteiger partial charge in [-0.25, -0.2) is 4.79 Å². The molecular formula is C16H20ClNO3. The van der Waals surface area contributed by atoms with Gasteiger partial charge in [0.1, 0.15) is 11.2 Å². The molecule has 2 aliphatic heterocycles. The molecule has 2 aliphatic rings. The summed E-state index contributed by atoms with van der Waals surface area (Å²) in [5.74, 6) is 0. The number of hydrogen-bond donors (Lipinski definition) is 0. The van der Waals surface area contributed by atoms with Gasteiger partial charge < -0.3 is 14.4 Å². The van der Waals surface area contributed by atoms with Crippen LogP contribution in [-0.2, 0) is 21.6 Å². The summed E-state index contributed by atoms with van der Waals surface area (Å²) in [6, 6.07) is 5.79. The summed E-state index contributed by atoms with van der Waals surface area (Å²) in [5, 5.41) is 0.703. The Morgan fingerprint density at radius 3 is 2.76 bits per heavy atom. The molecule has 3 rings (SSSR count). The molecule has 1 aromatic rings. The average Bonchev–Trinajstić information content (AvgIpc) is 3.16. The fourth-order valence-corrected chi connectivity index (χ4v) is 2.89. The van der Waals surface area contributed by atoms with E-state index in [0.29, 0.717) is 24.7 Å². The second-order valence-electron chi connectivity index (χ2n) is 6.74. The first-order valence-corrected chi connectivity index (χ1v) is 7.58. The molecule has 2 heterocycles. The second kappa shape index (κ2) is 4.89. The van der Waals surface area contributed by atoms with E-state index in [1.165, 1.54) is 0 Å². The molecule has 0 N–H and O–H groups in total. The van der Waals surface area contributed by atoms with Gasteiger partial charge in [0, 0.05) is 24.5 Å². The molecule has 0 saturated carbocycles. The third-order valence-corrected chi connectivity index (χ3v) is 4.09. The van der Waals surface area contributed by atoms with Crippen molar-refractivity contribution >= 4 is 17.7 Å². The molecule has 0 unspecified atom stereocenters. The largest absolute Gasteiger partial charge is 0.444 e. The van der Waals surface area contributed by atoms with Crippen LogP contribution in [0.3, 0.4) is 0 Å². The van der Waals surface area contributed by atoms with Crippen molar-refractivity contribution in [2.75, 3.05) is 13.2 Å². The van der Waals surface area contributed by atoms with E-state index in [-0.39, 0.29) is 11.7 Å². The van der Waals surface area contributed by atoms with Gasteiger partial charge in [0.25, 0.3) is 0 Å².